The minimum absolute atomic E-state index is 0.0279. The summed E-state index contributed by atoms with van der Waals surface area (Å²) in [6, 6.07) is 3.69. The van der Waals surface area contributed by atoms with E-state index in [2.05, 4.69) is 5.32 Å². The van der Waals surface area contributed by atoms with Crippen LogP contribution in [0.3, 0.4) is 0 Å². The van der Waals surface area contributed by atoms with Gasteiger partial charge in [-0.1, -0.05) is 0 Å². The zero-order valence-electron chi connectivity index (χ0n) is 10.8. The van der Waals surface area contributed by atoms with Crippen LogP contribution in [-0.2, 0) is 9.53 Å². The van der Waals surface area contributed by atoms with Crippen LogP contribution < -0.4 is 5.32 Å². The summed E-state index contributed by atoms with van der Waals surface area (Å²) in [4.78, 5) is 21.5. The van der Waals surface area contributed by atoms with Crippen LogP contribution in [0.25, 0.3) is 0 Å². The Bertz CT molecular complexity index is 475. The van der Waals surface area contributed by atoms with Gasteiger partial charge in [-0.2, -0.15) is 0 Å². The zero-order valence-corrected chi connectivity index (χ0v) is 10.8. The molecule has 1 amide bonds. The number of aromatic hydroxyl groups is 1. The highest BCUT2D eigenvalue weighted by molar-refractivity contribution is 5.91. The lowest BCUT2D eigenvalue weighted by atomic mass is 10.2. The molecule has 1 aromatic rings. The highest BCUT2D eigenvalue weighted by Crippen LogP contribution is 2.28. The number of carbonyl (C=O) groups is 1. The van der Waals surface area contributed by atoms with E-state index in [9.17, 15) is 20.0 Å². The van der Waals surface area contributed by atoms with Crippen LogP contribution in [0.5, 0.6) is 5.75 Å². The molecule has 0 aliphatic rings. The Morgan fingerprint density at radius 2 is 2.26 bits per heavy atom. The number of ether oxygens (including phenoxy) is 1. The minimum Gasteiger partial charge on any atom is -0.502 e. The Labute approximate surface area is 110 Å². The van der Waals surface area contributed by atoms with Crippen LogP contribution in [0, 0.1) is 10.1 Å². The van der Waals surface area contributed by atoms with Gasteiger partial charge in [-0.3, -0.25) is 14.9 Å². The van der Waals surface area contributed by atoms with Crippen LogP contribution in [0.2, 0.25) is 0 Å². The number of rotatable bonds is 6. The first-order valence-electron chi connectivity index (χ1n) is 5.74. The molecule has 0 bridgehead atoms. The molecule has 1 rings (SSSR count). The molecule has 0 aromatic heterocycles. The van der Waals surface area contributed by atoms with Crippen LogP contribution in [0.15, 0.2) is 18.2 Å². The van der Waals surface area contributed by atoms with E-state index < -0.39 is 16.4 Å². The summed E-state index contributed by atoms with van der Waals surface area (Å²) in [7, 11) is 1.56. The lowest BCUT2D eigenvalue weighted by Gasteiger charge is -2.09. The van der Waals surface area contributed by atoms with Gasteiger partial charge in [-0.05, 0) is 25.5 Å². The van der Waals surface area contributed by atoms with E-state index >= 15 is 0 Å². The van der Waals surface area contributed by atoms with E-state index in [1.165, 1.54) is 12.1 Å². The second-order valence-corrected chi connectivity index (χ2v) is 4.09. The number of nitro groups is 1. The predicted molar refractivity (Wildman–Crippen MR) is 69.1 cm³/mol. The highest BCUT2D eigenvalue weighted by atomic mass is 16.6. The summed E-state index contributed by atoms with van der Waals surface area (Å²) in [5.41, 5.74) is -0.164. The van der Waals surface area contributed by atoms with Gasteiger partial charge in [0.1, 0.15) is 0 Å². The molecule has 0 unspecified atom stereocenters. The molecule has 19 heavy (non-hydrogen) atoms. The molecule has 2 N–H and O–H groups in total. The largest absolute Gasteiger partial charge is 0.502 e. The molecule has 104 valence electrons. The first-order valence-corrected chi connectivity index (χ1v) is 5.74. The van der Waals surface area contributed by atoms with Crippen LogP contribution >= 0.6 is 0 Å². The summed E-state index contributed by atoms with van der Waals surface area (Å²) in [5.74, 6) is -0.695. The van der Waals surface area contributed by atoms with Gasteiger partial charge >= 0.3 is 5.69 Å². The molecule has 0 saturated heterocycles. The van der Waals surface area contributed by atoms with Crippen molar-refractivity contribution in [2.24, 2.45) is 0 Å². The maximum absolute atomic E-state index is 11.6. The van der Waals surface area contributed by atoms with Crippen molar-refractivity contribution < 1.29 is 19.6 Å². The summed E-state index contributed by atoms with van der Waals surface area (Å²) in [6.07, 6.45) is 0.784. The van der Waals surface area contributed by atoms with E-state index in [0.717, 1.165) is 6.07 Å². The smallest absolute Gasteiger partial charge is 0.312 e. The van der Waals surface area contributed by atoms with Gasteiger partial charge in [-0.25, -0.2) is 0 Å². The van der Waals surface area contributed by atoms with Crippen molar-refractivity contribution in [1.82, 2.24) is 0 Å². The number of nitrogens with one attached hydrogen (secondary N) is 1. The Morgan fingerprint density at radius 1 is 1.58 bits per heavy atom. The van der Waals surface area contributed by atoms with E-state index in [0.29, 0.717) is 6.42 Å². The number of hydrogen-bond donors (Lipinski definition) is 2. The van der Waals surface area contributed by atoms with Crippen LogP contribution in [-0.4, -0.2) is 29.2 Å². The van der Waals surface area contributed by atoms with E-state index in [1.807, 2.05) is 6.92 Å². The number of phenols is 1. The molecule has 1 atom stereocenters. The number of hydrogen-bond acceptors (Lipinski definition) is 5. The van der Waals surface area contributed by atoms with Crippen molar-refractivity contribution in [3.8, 4) is 5.75 Å². The fraction of sp³-hybridized carbons (Fsp3) is 0.417. The number of nitro benzene ring substituents is 1. The van der Waals surface area contributed by atoms with Crippen molar-refractivity contribution in [2.45, 2.75) is 25.9 Å². The Balaban J connectivity index is 2.64. The number of nitrogens with zero attached hydrogens (tertiary/aromatic N) is 1. The molecular weight excluding hydrogens is 252 g/mol. The van der Waals surface area contributed by atoms with Crippen molar-refractivity contribution in [1.29, 1.82) is 0 Å². The van der Waals surface area contributed by atoms with Gasteiger partial charge in [0.2, 0.25) is 5.91 Å². The molecule has 7 nitrogen and oxygen atoms in total. The summed E-state index contributed by atoms with van der Waals surface area (Å²) in [5, 5.41) is 22.4. The number of amides is 1. The number of methoxy groups -OCH3 is 1. The number of phenolic OH excluding ortho intramolecular Hbond substituents is 1. The molecule has 7 heteroatoms. The molecule has 0 heterocycles. The highest BCUT2D eigenvalue weighted by Gasteiger charge is 2.14. The van der Waals surface area contributed by atoms with Gasteiger partial charge in [0, 0.05) is 25.3 Å². The van der Waals surface area contributed by atoms with Gasteiger partial charge in [0.25, 0.3) is 0 Å². The Morgan fingerprint density at radius 3 is 2.84 bits per heavy atom. The van der Waals surface area contributed by atoms with Crippen molar-refractivity contribution >= 4 is 17.3 Å². The molecule has 1 aromatic carbocycles. The Kier molecular flexibility index (Phi) is 5.25. The zero-order chi connectivity index (χ0) is 14.4. The third-order valence-corrected chi connectivity index (χ3v) is 2.64. The molecule has 0 spiro atoms. The maximum atomic E-state index is 11.6. The number of benzene rings is 1. The summed E-state index contributed by atoms with van der Waals surface area (Å²) < 4.78 is 5.01. The molecule has 0 aliphatic carbocycles. The van der Waals surface area contributed by atoms with Gasteiger partial charge < -0.3 is 15.2 Å². The van der Waals surface area contributed by atoms with Crippen LogP contribution in [0.4, 0.5) is 11.4 Å². The lowest BCUT2D eigenvalue weighted by molar-refractivity contribution is -0.385. The second-order valence-electron chi connectivity index (χ2n) is 4.09. The molecular formula is C12H16N2O5. The fourth-order valence-electron chi connectivity index (χ4n) is 1.42. The monoisotopic (exact) mass is 268 g/mol. The molecule has 0 fully saturated rings. The predicted octanol–water partition coefficient (Wildman–Crippen LogP) is 2.05. The quantitative estimate of drug-likeness (QED) is 0.467. The normalized spacial score (nSPS) is 11.9. The van der Waals surface area contributed by atoms with E-state index in [-0.39, 0.29) is 24.1 Å². The molecule has 0 radical (unpaired) electrons. The van der Waals surface area contributed by atoms with Crippen molar-refractivity contribution in [3.63, 3.8) is 0 Å². The van der Waals surface area contributed by atoms with Gasteiger partial charge in [0.15, 0.2) is 5.75 Å². The number of carbonyl (C=O) groups excluding carboxylic acids is 1. The lowest BCUT2D eigenvalue weighted by Crippen LogP contribution is -2.15. The van der Waals surface area contributed by atoms with Gasteiger partial charge in [-0.15, -0.1) is 0 Å². The summed E-state index contributed by atoms with van der Waals surface area (Å²) in [6.45, 7) is 1.85. The SMILES string of the molecule is CO[C@@H](C)CCC(=O)Nc1ccc(O)c([N+](=O)[O-])c1. The third-order valence-electron chi connectivity index (χ3n) is 2.64. The maximum Gasteiger partial charge on any atom is 0.312 e. The average molecular weight is 268 g/mol. The van der Waals surface area contributed by atoms with Gasteiger partial charge in [0.05, 0.1) is 11.0 Å². The van der Waals surface area contributed by atoms with E-state index in [1.54, 1.807) is 7.11 Å². The van der Waals surface area contributed by atoms with Crippen molar-refractivity contribution in [3.05, 3.63) is 28.3 Å². The first-order chi connectivity index (χ1) is 8.93. The van der Waals surface area contributed by atoms with E-state index in [4.69, 9.17) is 4.74 Å². The molecule has 0 saturated carbocycles. The number of anilines is 1. The summed E-state index contributed by atoms with van der Waals surface area (Å²) >= 11 is 0. The third kappa shape index (κ3) is 4.55. The fourth-order valence-corrected chi connectivity index (χ4v) is 1.42. The second kappa shape index (κ2) is 6.69. The molecule has 0 aliphatic heterocycles. The first kappa shape index (κ1) is 14.9. The van der Waals surface area contributed by atoms with Crippen LogP contribution in [0.1, 0.15) is 19.8 Å². The van der Waals surface area contributed by atoms with Crippen molar-refractivity contribution in [2.75, 3.05) is 12.4 Å². The standard InChI is InChI=1S/C12H16N2O5/c1-8(19-2)3-6-12(16)13-9-4-5-11(15)10(7-9)14(17)18/h4-5,7-8,15H,3,6H2,1-2H3,(H,13,16)/t8-/m0/s1. The topological polar surface area (TPSA) is 102 Å². The average Bonchev–Trinajstić information content (AvgIpc) is 2.37. The minimum atomic E-state index is -0.710. The Hall–Kier alpha value is -2.15.